The first kappa shape index (κ1) is 17.8. The Labute approximate surface area is 139 Å². The van der Waals surface area contributed by atoms with Gasteiger partial charge in [-0.2, -0.15) is 0 Å². The highest BCUT2D eigenvalue weighted by atomic mass is 16.5. The Hall–Kier alpha value is -1.59. The Bertz CT molecular complexity index is 487. The van der Waals surface area contributed by atoms with Gasteiger partial charge in [0, 0.05) is 45.7 Å². The van der Waals surface area contributed by atoms with Crippen LogP contribution in [0.1, 0.15) is 18.9 Å². The number of nitrogens with zero attached hydrogens (tertiary/aromatic N) is 1. The summed E-state index contributed by atoms with van der Waals surface area (Å²) in [5, 5.41) is 6.38. The van der Waals surface area contributed by atoms with Crippen LogP contribution < -0.4 is 15.4 Å². The van der Waals surface area contributed by atoms with Crippen molar-refractivity contribution < 1.29 is 9.53 Å². The molecule has 128 valence electrons. The van der Waals surface area contributed by atoms with Gasteiger partial charge in [-0.25, -0.2) is 0 Å². The van der Waals surface area contributed by atoms with Crippen LogP contribution in [0, 0.1) is 5.92 Å². The highest BCUT2D eigenvalue weighted by molar-refractivity contribution is 5.76. The molecule has 0 radical (unpaired) electrons. The van der Waals surface area contributed by atoms with Crippen molar-refractivity contribution in [2.45, 2.75) is 19.8 Å². The van der Waals surface area contributed by atoms with E-state index in [2.05, 4.69) is 28.5 Å². The van der Waals surface area contributed by atoms with Crippen LogP contribution >= 0.6 is 0 Å². The molecule has 1 heterocycles. The van der Waals surface area contributed by atoms with Crippen LogP contribution in [-0.2, 0) is 11.2 Å². The van der Waals surface area contributed by atoms with Crippen molar-refractivity contribution in [3.63, 3.8) is 0 Å². The largest absolute Gasteiger partial charge is 0.496 e. The van der Waals surface area contributed by atoms with E-state index in [0.717, 1.165) is 57.0 Å². The predicted octanol–water partition coefficient (Wildman–Crippen LogP) is 1.29. The van der Waals surface area contributed by atoms with Gasteiger partial charge >= 0.3 is 0 Å². The van der Waals surface area contributed by atoms with Gasteiger partial charge in [-0.1, -0.05) is 25.1 Å². The quantitative estimate of drug-likeness (QED) is 0.758. The van der Waals surface area contributed by atoms with Crippen LogP contribution in [0.4, 0.5) is 0 Å². The van der Waals surface area contributed by atoms with E-state index in [9.17, 15) is 4.79 Å². The van der Waals surface area contributed by atoms with E-state index in [1.165, 1.54) is 0 Å². The predicted molar refractivity (Wildman–Crippen MR) is 92.8 cm³/mol. The lowest BCUT2D eigenvalue weighted by atomic mass is 9.97. The van der Waals surface area contributed by atoms with Crippen LogP contribution in [0.5, 0.6) is 5.75 Å². The average molecular weight is 319 g/mol. The molecular formula is C18H29N3O2. The Kier molecular flexibility index (Phi) is 7.36. The lowest BCUT2D eigenvalue weighted by Crippen LogP contribution is -2.46. The molecule has 2 N–H and O–H groups in total. The van der Waals surface area contributed by atoms with Gasteiger partial charge in [0.05, 0.1) is 7.11 Å². The minimum absolute atomic E-state index is 0.141. The second-order valence-electron chi connectivity index (χ2n) is 6.27. The first-order valence-corrected chi connectivity index (χ1v) is 8.50. The molecular weight excluding hydrogens is 290 g/mol. The maximum Gasteiger partial charge on any atom is 0.220 e. The van der Waals surface area contributed by atoms with E-state index in [4.69, 9.17) is 4.74 Å². The number of piperazine rings is 1. The number of amides is 1. The summed E-state index contributed by atoms with van der Waals surface area (Å²) in [7, 11) is 1.69. The molecule has 1 fully saturated rings. The van der Waals surface area contributed by atoms with Crippen molar-refractivity contribution in [3.05, 3.63) is 29.8 Å². The van der Waals surface area contributed by atoms with Gasteiger partial charge in [-0.15, -0.1) is 0 Å². The van der Waals surface area contributed by atoms with Gasteiger partial charge in [0.25, 0.3) is 0 Å². The molecule has 0 saturated carbocycles. The second-order valence-corrected chi connectivity index (χ2v) is 6.27. The number of carbonyl (C=O) groups is 1. The number of rotatable bonds is 8. The maximum atomic E-state index is 12.1. The third-order valence-electron chi connectivity index (χ3n) is 4.25. The molecule has 5 nitrogen and oxygen atoms in total. The highest BCUT2D eigenvalue weighted by Gasteiger charge is 2.13. The molecule has 2 rings (SSSR count). The Morgan fingerprint density at radius 2 is 2.09 bits per heavy atom. The van der Waals surface area contributed by atoms with Gasteiger partial charge in [0.2, 0.25) is 5.91 Å². The van der Waals surface area contributed by atoms with Crippen molar-refractivity contribution >= 4 is 5.91 Å². The summed E-state index contributed by atoms with van der Waals surface area (Å²) in [6, 6.07) is 8.02. The normalized spacial score (nSPS) is 16.8. The fraction of sp³-hybridized carbons (Fsp3) is 0.611. The summed E-state index contributed by atoms with van der Waals surface area (Å²) in [4.78, 5) is 14.5. The molecule has 1 aliphatic rings. The molecule has 1 aliphatic heterocycles. The zero-order valence-electron chi connectivity index (χ0n) is 14.3. The molecule has 0 aromatic heterocycles. The number of carbonyl (C=O) groups excluding carboxylic acids is 1. The van der Waals surface area contributed by atoms with E-state index >= 15 is 0 Å². The standard InChI is InChI=1S/C18H29N3O2/c1-15(13-16-5-3-4-6-17(16)23-2)14-18(22)20-9-12-21-10-7-19-8-11-21/h3-6,15,19H,7-14H2,1-2H3,(H,20,22). The van der Waals surface area contributed by atoms with E-state index in [0.29, 0.717) is 12.3 Å². The molecule has 1 atom stereocenters. The molecule has 0 spiro atoms. The van der Waals surface area contributed by atoms with Crippen molar-refractivity contribution in [1.29, 1.82) is 0 Å². The Morgan fingerprint density at radius 3 is 2.83 bits per heavy atom. The first-order valence-electron chi connectivity index (χ1n) is 8.50. The molecule has 23 heavy (non-hydrogen) atoms. The number of methoxy groups -OCH3 is 1. The number of hydrogen-bond acceptors (Lipinski definition) is 4. The van der Waals surface area contributed by atoms with Gasteiger partial charge in [-0.3, -0.25) is 9.69 Å². The molecule has 1 aromatic rings. The molecule has 1 aromatic carbocycles. The highest BCUT2D eigenvalue weighted by Crippen LogP contribution is 2.21. The monoisotopic (exact) mass is 319 g/mol. The summed E-state index contributed by atoms with van der Waals surface area (Å²) in [6.45, 7) is 8.02. The molecule has 1 saturated heterocycles. The van der Waals surface area contributed by atoms with Gasteiger partial charge in [-0.05, 0) is 24.0 Å². The summed E-state index contributed by atoms with van der Waals surface area (Å²) in [6.07, 6.45) is 1.41. The zero-order valence-corrected chi connectivity index (χ0v) is 14.3. The van der Waals surface area contributed by atoms with Crippen molar-refractivity contribution in [2.24, 2.45) is 5.92 Å². The molecule has 0 aliphatic carbocycles. The smallest absolute Gasteiger partial charge is 0.220 e. The Morgan fingerprint density at radius 1 is 1.35 bits per heavy atom. The van der Waals surface area contributed by atoms with Crippen LogP contribution in [0.3, 0.4) is 0 Å². The molecule has 1 amide bonds. The van der Waals surface area contributed by atoms with Crippen molar-refractivity contribution in [1.82, 2.24) is 15.5 Å². The summed E-state index contributed by atoms with van der Waals surface area (Å²) in [5.74, 6) is 1.34. The fourth-order valence-corrected chi connectivity index (χ4v) is 3.00. The van der Waals surface area contributed by atoms with Crippen molar-refractivity contribution in [3.8, 4) is 5.75 Å². The summed E-state index contributed by atoms with van der Waals surface area (Å²) >= 11 is 0. The molecule has 5 heteroatoms. The Balaban J connectivity index is 1.67. The van der Waals surface area contributed by atoms with E-state index in [1.54, 1.807) is 7.11 Å². The lowest BCUT2D eigenvalue weighted by molar-refractivity contribution is -0.121. The zero-order chi connectivity index (χ0) is 16.5. The first-order chi connectivity index (χ1) is 11.2. The van der Waals surface area contributed by atoms with Gasteiger partial charge < -0.3 is 15.4 Å². The van der Waals surface area contributed by atoms with Gasteiger partial charge in [0.1, 0.15) is 5.75 Å². The molecule has 0 bridgehead atoms. The van der Waals surface area contributed by atoms with Crippen LogP contribution in [0.25, 0.3) is 0 Å². The number of benzene rings is 1. The van der Waals surface area contributed by atoms with Crippen LogP contribution in [0.2, 0.25) is 0 Å². The van der Waals surface area contributed by atoms with Crippen molar-refractivity contribution in [2.75, 3.05) is 46.4 Å². The summed E-state index contributed by atoms with van der Waals surface area (Å²) in [5.41, 5.74) is 1.16. The SMILES string of the molecule is COc1ccccc1CC(C)CC(=O)NCCN1CCNCC1. The van der Waals surface area contributed by atoms with Gasteiger partial charge in [0.15, 0.2) is 0 Å². The summed E-state index contributed by atoms with van der Waals surface area (Å²) < 4.78 is 5.37. The van der Waals surface area contributed by atoms with E-state index < -0.39 is 0 Å². The average Bonchev–Trinajstić information content (AvgIpc) is 2.56. The number of hydrogen-bond donors (Lipinski definition) is 2. The minimum Gasteiger partial charge on any atom is -0.496 e. The van der Waals surface area contributed by atoms with E-state index in [1.807, 2.05) is 18.2 Å². The number of nitrogens with one attached hydrogen (secondary N) is 2. The minimum atomic E-state index is 0.141. The van der Waals surface area contributed by atoms with Crippen LogP contribution in [0.15, 0.2) is 24.3 Å². The third kappa shape index (κ3) is 6.20. The lowest BCUT2D eigenvalue weighted by Gasteiger charge is -2.27. The van der Waals surface area contributed by atoms with E-state index in [-0.39, 0.29) is 5.91 Å². The number of para-hydroxylation sites is 1. The number of ether oxygens (including phenoxy) is 1. The third-order valence-corrected chi connectivity index (χ3v) is 4.25. The fourth-order valence-electron chi connectivity index (χ4n) is 3.00. The topological polar surface area (TPSA) is 53.6 Å². The molecule has 1 unspecified atom stereocenters. The maximum absolute atomic E-state index is 12.1. The van der Waals surface area contributed by atoms with Crippen LogP contribution in [-0.4, -0.2) is 57.2 Å². The second kappa shape index (κ2) is 9.53.